The van der Waals surface area contributed by atoms with Gasteiger partial charge in [-0.15, -0.1) is 0 Å². The second kappa shape index (κ2) is 10.6. The van der Waals surface area contributed by atoms with Gasteiger partial charge >= 0.3 is 0 Å². The minimum Gasteiger partial charge on any atom is -0.457 e. The van der Waals surface area contributed by atoms with E-state index in [0.717, 1.165) is 57.2 Å². The van der Waals surface area contributed by atoms with Crippen molar-refractivity contribution in [1.82, 2.24) is 9.55 Å². The summed E-state index contributed by atoms with van der Waals surface area (Å²) < 4.78 is 8.81. The van der Waals surface area contributed by atoms with Crippen molar-refractivity contribution >= 4 is 38.9 Å². The summed E-state index contributed by atoms with van der Waals surface area (Å²) in [7, 11) is 0. The first-order valence-corrected chi connectivity index (χ1v) is 15.4. The highest BCUT2D eigenvalue weighted by Crippen LogP contribution is 2.44. The molecular weight excluding hydrogens is 552 g/mol. The minimum atomic E-state index is 0.00228. The van der Waals surface area contributed by atoms with Crippen LogP contribution in [0.3, 0.4) is 0 Å². The number of benzene rings is 5. The van der Waals surface area contributed by atoms with Gasteiger partial charge in [0.25, 0.3) is 0 Å². The normalized spacial score (nSPS) is 13.0. The van der Waals surface area contributed by atoms with Crippen molar-refractivity contribution in [2.45, 2.75) is 26.3 Å². The van der Waals surface area contributed by atoms with E-state index in [2.05, 4.69) is 156 Å². The molecule has 0 bridgehead atoms. The Morgan fingerprint density at radius 2 is 1.33 bits per heavy atom. The summed E-state index contributed by atoms with van der Waals surface area (Å²) in [5.41, 5.74) is 8.02. The molecular formula is C40H34N4O. The lowest BCUT2D eigenvalue weighted by atomic mass is 10.1. The van der Waals surface area contributed by atoms with Crippen molar-refractivity contribution in [2.24, 2.45) is 0 Å². The van der Waals surface area contributed by atoms with Crippen LogP contribution in [0.1, 0.15) is 20.8 Å². The molecule has 0 atom stereocenters. The van der Waals surface area contributed by atoms with Gasteiger partial charge in [0, 0.05) is 40.3 Å². The van der Waals surface area contributed by atoms with Crippen LogP contribution in [-0.2, 0) is 0 Å². The molecule has 1 aliphatic heterocycles. The lowest BCUT2D eigenvalue weighted by Gasteiger charge is -2.34. The van der Waals surface area contributed by atoms with Gasteiger partial charge in [-0.2, -0.15) is 0 Å². The van der Waals surface area contributed by atoms with Gasteiger partial charge in [-0.1, -0.05) is 66.7 Å². The van der Waals surface area contributed by atoms with E-state index in [4.69, 9.17) is 9.72 Å². The summed E-state index contributed by atoms with van der Waals surface area (Å²) in [5.74, 6) is 2.45. The molecule has 2 aromatic heterocycles. The quantitative estimate of drug-likeness (QED) is 0.201. The molecule has 45 heavy (non-hydrogen) atoms. The number of rotatable bonds is 5. The predicted molar refractivity (Wildman–Crippen MR) is 186 cm³/mol. The molecule has 5 nitrogen and oxygen atoms in total. The number of hydrogen-bond acceptors (Lipinski definition) is 4. The summed E-state index contributed by atoms with van der Waals surface area (Å²) in [6.45, 7) is 7.56. The SMILES string of the molecule is CC(C)(C)N1CN(c2cccc(Oc3ccc4c5ccccc5n(-c5cc(-c6ccccc6)ccn5)c4c3)c2)c2ccccc21. The van der Waals surface area contributed by atoms with Gasteiger partial charge in [0.2, 0.25) is 0 Å². The number of para-hydroxylation sites is 3. The molecule has 3 heterocycles. The van der Waals surface area contributed by atoms with Crippen LogP contribution in [0, 0.1) is 0 Å². The highest BCUT2D eigenvalue weighted by molar-refractivity contribution is 6.09. The van der Waals surface area contributed by atoms with Crippen LogP contribution in [-0.4, -0.2) is 21.8 Å². The first kappa shape index (κ1) is 27.0. The average Bonchev–Trinajstić information content (AvgIpc) is 3.62. The largest absolute Gasteiger partial charge is 0.457 e. The van der Waals surface area contributed by atoms with Gasteiger partial charge < -0.3 is 14.5 Å². The molecule has 0 amide bonds. The van der Waals surface area contributed by atoms with Crippen LogP contribution in [0.15, 0.2) is 140 Å². The zero-order valence-corrected chi connectivity index (χ0v) is 25.7. The Bertz CT molecular complexity index is 2180. The maximum absolute atomic E-state index is 6.57. The monoisotopic (exact) mass is 586 g/mol. The fourth-order valence-electron chi connectivity index (χ4n) is 6.47. The molecule has 0 fully saturated rings. The first-order chi connectivity index (χ1) is 21.9. The molecule has 8 rings (SSSR count). The topological polar surface area (TPSA) is 33.5 Å². The smallest absolute Gasteiger partial charge is 0.138 e. The Kier molecular flexibility index (Phi) is 6.35. The van der Waals surface area contributed by atoms with E-state index in [9.17, 15) is 0 Å². The second-order valence-electron chi connectivity index (χ2n) is 12.6. The average molecular weight is 587 g/mol. The third-order valence-electron chi connectivity index (χ3n) is 8.65. The molecule has 1 aliphatic rings. The number of nitrogens with zero attached hydrogens (tertiary/aromatic N) is 4. The molecule has 0 N–H and O–H groups in total. The summed E-state index contributed by atoms with van der Waals surface area (Å²) in [6, 6.07) is 46.5. The van der Waals surface area contributed by atoms with Crippen LogP contribution >= 0.6 is 0 Å². The number of anilines is 3. The predicted octanol–water partition coefficient (Wildman–Crippen LogP) is 10.4. The van der Waals surface area contributed by atoms with Gasteiger partial charge in [0.1, 0.15) is 17.3 Å². The first-order valence-electron chi connectivity index (χ1n) is 15.4. The minimum absolute atomic E-state index is 0.00228. The van der Waals surface area contributed by atoms with Crippen molar-refractivity contribution in [3.63, 3.8) is 0 Å². The van der Waals surface area contributed by atoms with Gasteiger partial charge in [-0.3, -0.25) is 4.57 Å². The molecule has 7 aromatic rings. The fraction of sp³-hybridized carbons (Fsp3) is 0.125. The Labute approximate surface area is 263 Å². The van der Waals surface area contributed by atoms with Crippen molar-refractivity contribution in [3.8, 4) is 28.4 Å². The summed E-state index contributed by atoms with van der Waals surface area (Å²) in [6.07, 6.45) is 1.89. The second-order valence-corrected chi connectivity index (χ2v) is 12.6. The zero-order chi connectivity index (χ0) is 30.5. The maximum Gasteiger partial charge on any atom is 0.138 e. The van der Waals surface area contributed by atoms with Crippen LogP contribution in [0.2, 0.25) is 0 Å². The van der Waals surface area contributed by atoms with E-state index in [1.165, 1.54) is 16.8 Å². The highest BCUT2D eigenvalue weighted by atomic mass is 16.5. The summed E-state index contributed by atoms with van der Waals surface area (Å²) >= 11 is 0. The third kappa shape index (κ3) is 4.77. The number of hydrogen-bond donors (Lipinski definition) is 0. The van der Waals surface area contributed by atoms with Crippen LogP contribution in [0.5, 0.6) is 11.5 Å². The van der Waals surface area contributed by atoms with E-state index in [1.54, 1.807) is 0 Å². The number of pyridine rings is 1. The van der Waals surface area contributed by atoms with E-state index in [0.29, 0.717) is 0 Å². The molecule has 220 valence electrons. The molecule has 0 radical (unpaired) electrons. The van der Waals surface area contributed by atoms with E-state index < -0.39 is 0 Å². The van der Waals surface area contributed by atoms with E-state index >= 15 is 0 Å². The Balaban J connectivity index is 1.18. The van der Waals surface area contributed by atoms with E-state index in [-0.39, 0.29) is 5.54 Å². The molecule has 0 aliphatic carbocycles. The van der Waals surface area contributed by atoms with Crippen molar-refractivity contribution in [3.05, 3.63) is 140 Å². The van der Waals surface area contributed by atoms with Crippen LogP contribution in [0.4, 0.5) is 17.1 Å². The van der Waals surface area contributed by atoms with Crippen LogP contribution in [0.25, 0.3) is 38.8 Å². The van der Waals surface area contributed by atoms with Crippen molar-refractivity contribution in [2.75, 3.05) is 16.5 Å². The molecule has 5 heteroatoms. The Hall–Kier alpha value is -5.55. The number of aromatic nitrogens is 2. The highest BCUT2D eigenvalue weighted by Gasteiger charge is 2.33. The lowest BCUT2D eigenvalue weighted by Crippen LogP contribution is -2.42. The Morgan fingerprint density at radius 1 is 0.600 bits per heavy atom. The summed E-state index contributed by atoms with van der Waals surface area (Å²) in [4.78, 5) is 9.64. The van der Waals surface area contributed by atoms with Crippen LogP contribution < -0.4 is 14.5 Å². The van der Waals surface area contributed by atoms with Gasteiger partial charge in [0.05, 0.1) is 29.1 Å². The maximum atomic E-state index is 6.57. The zero-order valence-electron chi connectivity index (χ0n) is 25.7. The fourth-order valence-corrected chi connectivity index (χ4v) is 6.47. The standard InChI is InChI=1S/C40H34N4O/c1-40(2,3)43-27-42(36-18-9-10-19-37(36)43)30-14-11-15-31(25-30)45-32-20-21-34-33-16-7-8-17-35(33)44(38(34)26-32)39-24-29(22-23-41-39)28-12-5-4-6-13-28/h4-26H,27H2,1-3H3. The summed E-state index contributed by atoms with van der Waals surface area (Å²) in [5, 5.41) is 2.35. The third-order valence-corrected chi connectivity index (χ3v) is 8.65. The van der Waals surface area contributed by atoms with Crippen molar-refractivity contribution < 1.29 is 4.74 Å². The lowest BCUT2D eigenvalue weighted by molar-refractivity contribution is 0.483. The van der Waals surface area contributed by atoms with Gasteiger partial charge in [0.15, 0.2) is 0 Å². The van der Waals surface area contributed by atoms with E-state index in [1.807, 2.05) is 18.3 Å². The van der Waals surface area contributed by atoms with Crippen molar-refractivity contribution in [1.29, 1.82) is 0 Å². The Morgan fingerprint density at radius 3 is 2.18 bits per heavy atom. The molecule has 0 saturated carbocycles. The number of ether oxygens (including phenoxy) is 1. The molecule has 0 spiro atoms. The molecule has 0 unspecified atom stereocenters. The van der Waals surface area contributed by atoms with Gasteiger partial charge in [-0.05, 0) is 86.5 Å². The van der Waals surface area contributed by atoms with Gasteiger partial charge in [-0.25, -0.2) is 4.98 Å². The molecule has 5 aromatic carbocycles. The number of fused-ring (bicyclic) bond motifs is 4. The molecule has 0 saturated heterocycles.